The minimum atomic E-state index is -2.90. The Kier molecular flexibility index (Phi) is 4.45. The summed E-state index contributed by atoms with van der Waals surface area (Å²) in [6.45, 7) is 5.01. The first-order chi connectivity index (χ1) is 9.37. The van der Waals surface area contributed by atoms with E-state index in [9.17, 15) is 13.2 Å². The van der Waals surface area contributed by atoms with Gasteiger partial charge in [-0.1, -0.05) is 18.2 Å². The molecule has 1 N–H and O–H groups in total. The summed E-state index contributed by atoms with van der Waals surface area (Å²) in [4.78, 5) is 13.9. The Morgan fingerprint density at radius 2 is 1.75 bits per heavy atom. The summed E-state index contributed by atoms with van der Waals surface area (Å²) in [6, 6.07) is 5.86. The fourth-order valence-electron chi connectivity index (χ4n) is 2.30. The number of amides is 1. The number of para-hydroxylation sites is 1. The van der Waals surface area contributed by atoms with Crippen LogP contribution >= 0.6 is 0 Å². The van der Waals surface area contributed by atoms with E-state index in [1.807, 2.05) is 36.9 Å². The number of nitrogens with zero attached hydrogens (tertiary/aromatic N) is 1. The van der Waals surface area contributed by atoms with Crippen LogP contribution in [0.2, 0.25) is 0 Å². The minimum Gasteiger partial charge on any atom is -0.324 e. The summed E-state index contributed by atoms with van der Waals surface area (Å²) in [6.07, 6.45) is 0. The van der Waals surface area contributed by atoms with E-state index in [0.29, 0.717) is 13.1 Å². The van der Waals surface area contributed by atoms with Crippen LogP contribution in [-0.2, 0) is 14.6 Å². The molecule has 1 saturated heterocycles. The third-order valence-corrected chi connectivity index (χ3v) is 5.16. The molecule has 110 valence electrons. The van der Waals surface area contributed by atoms with Crippen molar-refractivity contribution in [1.29, 1.82) is 0 Å². The molecule has 1 aromatic carbocycles. The second-order valence-corrected chi connectivity index (χ2v) is 7.55. The lowest BCUT2D eigenvalue weighted by molar-refractivity contribution is -0.117. The maximum atomic E-state index is 12.0. The smallest absolute Gasteiger partial charge is 0.238 e. The Morgan fingerprint density at radius 1 is 1.20 bits per heavy atom. The van der Waals surface area contributed by atoms with Crippen LogP contribution in [0.3, 0.4) is 0 Å². The van der Waals surface area contributed by atoms with Gasteiger partial charge in [0, 0.05) is 18.8 Å². The molecule has 1 aliphatic rings. The van der Waals surface area contributed by atoms with Gasteiger partial charge in [0.1, 0.15) is 0 Å². The Hall–Kier alpha value is -1.40. The number of carbonyl (C=O) groups excluding carboxylic acids is 1. The molecule has 0 unspecified atom stereocenters. The maximum absolute atomic E-state index is 12.0. The van der Waals surface area contributed by atoms with Gasteiger partial charge in [0.25, 0.3) is 0 Å². The molecule has 1 amide bonds. The van der Waals surface area contributed by atoms with Crippen LogP contribution in [0.1, 0.15) is 11.1 Å². The van der Waals surface area contributed by atoms with Gasteiger partial charge in [0.15, 0.2) is 9.84 Å². The molecule has 0 spiro atoms. The number of carbonyl (C=O) groups is 1. The number of benzene rings is 1. The maximum Gasteiger partial charge on any atom is 0.238 e. The van der Waals surface area contributed by atoms with Crippen molar-refractivity contribution in [2.24, 2.45) is 0 Å². The number of hydrogen-bond acceptors (Lipinski definition) is 4. The Labute approximate surface area is 119 Å². The fraction of sp³-hybridized carbons (Fsp3) is 0.500. The molecule has 1 fully saturated rings. The number of hydrogen-bond donors (Lipinski definition) is 1. The molecule has 1 heterocycles. The number of nitrogens with one attached hydrogen (secondary N) is 1. The molecular formula is C14H20N2O3S. The predicted molar refractivity (Wildman–Crippen MR) is 79.6 cm³/mol. The quantitative estimate of drug-likeness (QED) is 0.902. The number of anilines is 1. The van der Waals surface area contributed by atoms with E-state index in [-0.39, 0.29) is 24.0 Å². The number of aryl methyl sites for hydroxylation is 2. The van der Waals surface area contributed by atoms with Gasteiger partial charge in [0.05, 0.1) is 18.1 Å². The van der Waals surface area contributed by atoms with Crippen LogP contribution in [0.4, 0.5) is 5.69 Å². The zero-order chi connectivity index (χ0) is 14.8. The predicted octanol–water partition coefficient (Wildman–Crippen LogP) is 0.972. The molecule has 0 radical (unpaired) electrons. The topological polar surface area (TPSA) is 66.5 Å². The van der Waals surface area contributed by atoms with E-state index in [0.717, 1.165) is 16.8 Å². The molecule has 0 bridgehead atoms. The highest BCUT2D eigenvalue weighted by molar-refractivity contribution is 7.91. The van der Waals surface area contributed by atoms with Gasteiger partial charge in [0.2, 0.25) is 5.91 Å². The van der Waals surface area contributed by atoms with Crippen molar-refractivity contribution in [1.82, 2.24) is 4.90 Å². The lowest BCUT2D eigenvalue weighted by Gasteiger charge is -2.26. The zero-order valence-electron chi connectivity index (χ0n) is 11.8. The molecule has 1 aliphatic heterocycles. The Balaban J connectivity index is 1.93. The molecule has 0 atom stereocenters. The van der Waals surface area contributed by atoms with Gasteiger partial charge in [-0.25, -0.2) is 8.42 Å². The zero-order valence-corrected chi connectivity index (χ0v) is 12.7. The summed E-state index contributed by atoms with van der Waals surface area (Å²) in [5.41, 5.74) is 2.90. The van der Waals surface area contributed by atoms with Crippen LogP contribution in [0, 0.1) is 13.8 Å². The van der Waals surface area contributed by atoms with Crippen molar-refractivity contribution >= 4 is 21.4 Å². The number of rotatable bonds is 3. The Bertz CT molecular complexity index is 577. The lowest BCUT2D eigenvalue weighted by Crippen LogP contribution is -2.44. The first kappa shape index (κ1) is 15.0. The lowest BCUT2D eigenvalue weighted by atomic mass is 10.1. The molecule has 5 nitrogen and oxygen atoms in total. The Morgan fingerprint density at radius 3 is 2.30 bits per heavy atom. The summed E-state index contributed by atoms with van der Waals surface area (Å²) >= 11 is 0. The fourth-order valence-corrected chi connectivity index (χ4v) is 3.58. The van der Waals surface area contributed by atoms with Gasteiger partial charge >= 0.3 is 0 Å². The SMILES string of the molecule is Cc1cccc(C)c1NC(=O)CN1CCS(=O)(=O)CC1. The summed E-state index contributed by atoms with van der Waals surface area (Å²) in [7, 11) is -2.90. The molecule has 0 aromatic heterocycles. The second-order valence-electron chi connectivity index (χ2n) is 5.24. The van der Waals surface area contributed by atoms with E-state index >= 15 is 0 Å². The van der Waals surface area contributed by atoms with Crippen molar-refractivity contribution in [3.05, 3.63) is 29.3 Å². The van der Waals surface area contributed by atoms with Crippen LogP contribution < -0.4 is 5.32 Å². The van der Waals surface area contributed by atoms with E-state index in [2.05, 4.69) is 5.32 Å². The van der Waals surface area contributed by atoms with Crippen LogP contribution in [0.25, 0.3) is 0 Å². The first-order valence-electron chi connectivity index (χ1n) is 6.66. The van der Waals surface area contributed by atoms with E-state index in [1.165, 1.54) is 0 Å². The normalized spacial score (nSPS) is 18.7. The van der Waals surface area contributed by atoms with Crippen LogP contribution in [0.15, 0.2) is 18.2 Å². The average Bonchev–Trinajstić information content (AvgIpc) is 2.37. The van der Waals surface area contributed by atoms with E-state index in [4.69, 9.17) is 0 Å². The van der Waals surface area contributed by atoms with Gasteiger partial charge in [-0.05, 0) is 25.0 Å². The van der Waals surface area contributed by atoms with E-state index < -0.39 is 9.84 Å². The highest BCUT2D eigenvalue weighted by atomic mass is 32.2. The minimum absolute atomic E-state index is 0.0957. The van der Waals surface area contributed by atoms with Crippen molar-refractivity contribution in [2.45, 2.75) is 13.8 Å². The van der Waals surface area contributed by atoms with Crippen LogP contribution in [-0.4, -0.2) is 50.4 Å². The highest BCUT2D eigenvalue weighted by Crippen LogP contribution is 2.19. The second kappa shape index (κ2) is 5.93. The molecule has 6 heteroatoms. The van der Waals surface area contributed by atoms with Crippen LogP contribution in [0.5, 0.6) is 0 Å². The summed E-state index contributed by atoms with van der Waals surface area (Å²) in [5, 5.41) is 2.92. The first-order valence-corrected chi connectivity index (χ1v) is 8.48. The van der Waals surface area contributed by atoms with Gasteiger partial charge in [-0.15, -0.1) is 0 Å². The third-order valence-electron chi connectivity index (χ3n) is 3.55. The van der Waals surface area contributed by atoms with Crippen molar-refractivity contribution < 1.29 is 13.2 Å². The molecule has 2 rings (SSSR count). The van der Waals surface area contributed by atoms with Crippen molar-refractivity contribution in [2.75, 3.05) is 36.5 Å². The van der Waals surface area contributed by atoms with Gasteiger partial charge < -0.3 is 5.32 Å². The third kappa shape index (κ3) is 3.80. The molecule has 20 heavy (non-hydrogen) atoms. The summed E-state index contributed by atoms with van der Waals surface area (Å²) in [5.74, 6) is 0.189. The van der Waals surface area contributed by atoms with Gasteiger partial charge in [-0.2, -0.15) is 0 Å². The average molecular weight is 296 g/mol. The molecular weight excluding hydrogens is 276 g/mol. The largest absolute Gasteiger partial charge is 0.324 e. The molecule has 0 saturated carbocycles. The van der Waals surface area contributed by atoms with Crippen molar-refractivity contribution in [3.63, 3.8) is 0 Å². The number of sulfone groups is 1. The van der Waals surface area contributed by atoms with Gasteiger partial charge in [-0.3, -0.25) is 9.69 Å². The monoisotopic (exact) mass is 296 g/mol. The standard InChI is InChI=1S/C14H20N2O3S/c1-11-4-3-5-12(2)14(11)15-13(17)10-16-6-8-20(18,19)9-7-16/h3-5H,6-10H2,1-2H3,(H,15,17). The molecule has 0 aliphatic carbocycles. The summed E-state index contributed by atoms with van der Waals surface area (Å²) < 4.78 is 22.7. The highest BCUT2D eigenvalue weighted by Gasteiger charge is 2.23. The van der Waals surface area contributed by atoms with Crippen molar-refractivity contribution in [3.8, 4) is 0 Å². The molecule has 1 aromatic rings. The van der Waals surface area contributed by atoms with E-state index in [1.54, 1.807) is 0 Å².